The van der Waals surface area contributed by atoms with Gasteiger partial charge in [0.25, 0.3) is 0 Å². The lowest BCUT2D eigenvalue weighted by molar-refractivity contribution is -0.634. The average Bonchev–Trinajstić information content (AvgIpc) is 2.89. The van der Waals surface area contributed by atoms with E-state index in [0.29, 0.717) is 0 Å². The standard InChI is InChI=1S/C13H13N2O/c1-14-10-6-3-4-7-11(10)15(2)13(14)12-8-5-9-16-12/h3-9H,1-2H3/q+1. The molecule has 16 heavy (non-hydrogen) atoms. The zero-order valence-electron chi connectivity index (χ0n) is 9.34. The summed E-state index contributed by atoms with van der Waals surface area (Å²) < 4.78 is 9.76. The average molecular weight is 213 g/mol. The molecule has 0 radical (unpaired) electrons. The van der Waals surface area contributed by atoms with Gasteiger partial charge in [0.05, 0.1) is 20.4 Å². The molecule has 0 atom stereocenters. The molecule has 1 aromatic carbocycles. The zero-order chi connectivity index (χ0) is 11.1. The first-order valence-electron chi connectivity index (χ1n) is 5.26. The van der Waals surface area contributed by atoms with E-state index in [1.54, 1.807) is 6.26 Å². The molecule has 3 heteroatoms. The van der Waals surface area contributed by atoms with Crippen LogP contribution in [0.3, 0.4) is 0 Å². The fraction of sp³-hybridized carbons (Fsp3) is 0.154. The van der Waals surface area contributed by atoms with Gasteiger partial charge in [-0.2, -0.15) is 0 Å². The molecule has 0 N–H and O–H groups in total. The monoisotopic (exact) mass is 213 g/mol. The summed E-state index contributed by atoms with van der Waals surface area (Å²) in [5, 5.41) is 0. The van der Waals surface area contributed by atoms with Gasteiger partial charge in [0.1, 0.15) is 0 Å². The minimum Gasteiger partial charge on any atom is -0.456 e. The van der Waals surface area contributed by atoms with Crippen LogP contribution >= 0.6 is 0 Å². The van der Waals surface area contributed by atoms with Crippen molar-refractivity contribution in [2.45, 2.75) is 0 Å². The second-order valence-corrected chi connectivity index (χ2v) is 3.91. The molecule has 0 saturated carbocycles. The number of hydrogen-bond donors (Lipinski definition) is 0. The van der Waals surface area contributed by atoms with Crippen LogP contribution in [0, 0.1) is 0 Å². The van der Waals surface area contributed by atoms with Gasteiger partial charge >= 0.3 is 5.82 Å². The number of benzene rings is 1. The Kier molecular flexibility index (Phi) is 1.86. The maximum absolute atomic E-state index is 5.47. The normalized spacial score (nSPS) is 11.1. The number of aryl methyl sites for hydroxylation is 2. The SMILES string of the molecule is Cn1c(-c2ccco2)[n+](C)c2ccccc21. The number of imidazole rings is 1. The van der Waals surface area contributed by atoms with Gasteiger partial charge in [-0.05, 0) is 24.3 Å². The minimum absolute atomic E-state index is 0.890. The van der Waals surface area contributed by atoms with Crippen molar-refractivity contribution >= 4 is 11.0 Å². The second-order valence-electron chi connectivity index (χ2n) is 3.91. The second kappa shape index (κ2) is 3.23. The lowest BCUT2D eigenvalue weighted by atomic mass is 10.3. The first-order valence-corrected chi connectivity index (χ1v) is 5.26. The van der Waals surface area contributed by atoms with Crippen LogP contribution < -0.4 is 4.57 Å². The van der Waals surface area contributed by atoms with E-state index < -0.39 is 0 Å². The fourth-order valence-electron chi connectivity index (χ4n) is 2.22. The van der Waals surface area contributed by atoms with E-state index >= 15 is 0 Å². The number of nitrogens with zero attached hydrogens (tertiary/aromatic N) is 2. The van der Waals surface area contributed by atoms with Gasteiger partial charge in [0.2, 0.25) is 5.76 Å². The quantitative estimate of drug-likeness (QED) is 0.568. The Hall–Kier alpha value is -2.03. The summed E-state index contributed by atoms with van der Waals surface area (Å²) in [5.74, 6) is 1.97. The van der Waals surface area contributed by atoms with Crippen LogP contribution in [0.4, 0.5) is 0 Å². The van der Waals surface area contributed by atoms with E-state index in [9.17, 15) is 0 Å². The molecule has 0 aliphatic rings. The van der Waals surface area contributed by atoms with Gasteiger partial charge in [0.15, 0.2) is 11.0 Å². The molecule has 3 nitrogen and oxygen atoms in total. The van der Waals surface area contributed by atoms with Crippen LogP contribution in [-0.2, 0) is 14.1 Å². The maximum Gasteiger partial charge on any atom is 0.325 e. The highest BCUT2D eigenvalue weighted by Gasteiger charge is 2.22. The van der Waals surface area contributed by atoms with Crippen LogP contribution in [0.5, 0.6) is 0 Å². The molecule has 3 rings (SSSR count). The number of para-hydroxylation sites is 2. The molecule has 0 saturated heterocycles. The summed E-state index contributed by atoms with van der Waals surface area (Å²) in [4.78, 5) is 0. The first kappa shape index (κ1) is 9.21. The first-order chi connectivity index (χ1) is 7.79. The summed E-state index contributed by atoms with van der Waals surface area (Å²) in [7, 11) is 4.11. The predicted octanol–water partition coefficient (Wildman–Crippen LogP) is 2.26. The number of aromatic nitrogens is 2. The Balaban J connectivity index is 2.42. The Morgan fingerprint density at radius 2 is 1.94 bits per heavy atom. The van der Waals surface area contributed by atoms with Gasteiger partial charge in [-0.3, -0.25) is 0 Å². The third-order valence-electron chi connectivity index (χ3n) is 2.98. The number of furan rings is 1. The Morgan fingerprint density at radius 3 is 2.62 bits per heavy atom. The van der Waals surface area contributed by atoms with Crippen LogP contribution in [0.2, 0.25) is 0 Å². The molecule has 3 aromatic rings. The molecule has 0 aliphatic heterocycles. The van der Waals surface area contributed by atoms with Crippen LogP contribution in [0.25, 0.3) is 22.6 Å². The van der Waals surface area contributed by atoms with Crippen LogP contribution in [0.1, 0.15) is 0 Å². The molecule has 0 aliphatic carbocycles. The number of rotatable bonds is 1. The molecular weight excluding hydrogens is 200 g/mol. The van der Waals surface area contributed by atoms with E-state index in [1.807, 2.05) is 24.3 Å². The van der Waals surface area contributed by atoms with Crippen molar-refractivity contribution in [2.75, 3.05) is 0 Å². The van der Waals surface area contributed by atoms with Gasteiger partial charge < -0.3 is 4.42 Å². The highest BCUT2D eigenvalue weighted by atomic mass is 16.3. The molecule has 0 unspecified atom stereocenters. The van der Waals surface area contributed by atoms with E-state index in [2.05, 4.69) is 35.4 Å². The fourth-order valence-corrected chi connectivity index (χ4v) is 2.22. The smallest absolute Gasteiger partial charge is 0.325 e. The molecule has 0 spiro atoms. The zero-order valence-corrected chi connectivity index (χ0v) is 9.34. The van der Waals surface area contributed by atoms with Crippen molar-refractivity contribution in [3.63, 3.8) is 0 Å². The lowest BCUT2D eigenvalue weighted by Crippen LogP contribution is -2.29. The van der Waals surface area contributed by atoms with Crippen molar-refractivity contribution in [3.8, 4) is 11.6 Å². The maximum atomic E-state index is 5.47. The van der Waals surface area contributed by atoms with E-state index in [0.717, 1.165) is 11.6 Å². The number of fused-ring (bicyclic) bond motifs is 1. The van der Waals surface area contributed by atoms with Crippen molar-refractivity contribution in [1.29, 1.82) is 0 Å². The highest BCUT2D eigenvalue weighted by molar-refractivity contribution is 5.74. The van der Waals surface area contributed by atoms with E-state index in [4.69, 9.17) is 4.42 Å². The Labute approximate surface area is 93.5 Å². The molecule has 80 valence electrons. The molecule has 2 heterocycles. The Bertz CT molecular complexity index is 596. The highest BCUT2D eigenvalue weighted by Crippen LogP contribution is 2.21. The van der Waals surface area contributed by atoms with Crippen LogP contribution in [-0.4, -0.2) is 4.57 Å². The third-order valence-corrected chi connectivity index (χ3v) is 2.98. The van der Waals surface area contributed by atoms with E-state index in [1.165, 1.54) is 11.0 Å². The van der Waals surface area contributed by atoms with Gasteiger partial charge in [0, 0.05) is 0 Å². The summed E-state index contributed by atoms with van der Waals surface area (Å²) >= 11 is 0. The van der Waals surface area contributed by atoms with Crippen LogP contribution in [0.15, 0.2) is 47.1 Å². The van der Waals surface area contributed by atoms with Crippen molar-refractivity contribution in [3.05, 3.63) is 42.7 Å². The topological polar surface area (TPSA) is 21.9 Å². The molecule has 0 amide bonds. The summed E-state index contributed by atoms with van der Waals surface area (Å²) in [6.07, 6.45) is 1.70. The Morgan fingerprint density at radius 1 is 1.12 bits per heavy atom. The molecular formula is C13H13N2O+. The predicted molar refractivity (Wildman–Crippen MR) is 61.8 cm³/mol. The van der Waals surface area contributed by atoms with Gasteiger partial charge in [-0.15, -0.1) is 0 Å². The van der Waals surface area contributed by atoms with E-state index in [-0.39, 0.29) is 0 Å². The van der Waals surface area contributed by atoms with Gasteiger partial charge in [-0.25, -0.2) is 9.13 Å². The minimum atomic E-state index is 0.890. The van der Waals surface area contributed by atoms with Gasteiger partial charge in [-0.1, -0.05) is 12.1 Å². The van der Waals surface area contributed by atoms with Crippen molar-refractivity contribution < 1.29 is 8.98 Å². The molecule has 2 aromatic heterocycles. The summed E-state index contributed by atoms with van der Waals surface area (Å²) in [5.41, 5.74) is 2.41. The van der Waals surface area contributed by atoms with Crippen molar-refractivity contribution in [2.24, 2.45) is 14.1 Å². The molecule has 0 bridgehead atoms. The third kappa shape index (κ3) is 1.11. The lowest BCUT2D eigenvalue weighted by Gasteiger charge is -1.93. The van der Waals surface area contributed by atoms with Crippen molar-refractivity contribution in [1.82, 2.24) is 4.57 Å². The number of hydrogen-bond acceptors (Lipinski definition) is 1. The summed E-state index contributed by atoms with van der Waals surface area (Å²) in [6, 6.07) is 12.2. The largest absolute Gasteiger partial charge is 0.456 e. The summed E-state index contributed by atoms with van der Waals surface area (Å²) in [6.45, 7) is 0. The molecule has 0 fully saturated rings.